The molecule has 0 aliphatic heterocycles. The lowest BCUT2D eigenvalue weighted by Gasteiger charge is -2.19. The number of nitrogens with zero attached hydrogens (tertiary/aromatic N) is 1. The second-order valence-electron chi connectivity index (χ2n) is 6.50. The van der Waals surface area contributed by atoms with Crippen molar-refractivity contribution in [2.45, 2.75) is 19.8 Å². The van der Waals surface area contributed by atoms with Crippen LogP contribution in [0.2, 0.25) is 0 Å². The molecule has 1 atom stereocenters. The van der Waals surface area contributed by atoms with Crippen LogP contribution in [0.4, 0.5) is 4.39 Å². The fourth-order valence-corrected chi connectivity index (χ4v) is 3.63. The van der Waals surface area contributed by atoms with Gasteiger partial charge in [-0.15, -0.1) is 0 Å². The third kappa shape index (κ3) is 3.36. The third-order valence-corrected chi connectivity index (χ3v) is 5.09. The maximum Gasteiger partial charge on any atom is 0.217 e. The van der Waals surface area contributed by atoms with Gasteiger partial charge in [0.05, 0.1) is 12.8 Å². The first kappa shape index (κ1) is 18.5. The van der Waals surface area contributed by atoms with Crippen LogP contribution >= 0.6 is 15.9 Å². The van der Waals surface area contributed by atoms with Gasteiger partial charge in [-0.25, -0.2) is 9.37 Å². The van der Waals surface area contributed by atoms with Gasteiger partial charge in [0.15, 0.2) is 0 Å². The molecule has 0 aliphatic carbocycles. The summed E-state index contributed by atoms with van der Waals surface area (Å²) in [5.74, 6) is -0.0555. The van der Waals surface area contributed by atoms with Crippen molar-refractivity contribution in [3.8, 4) is 17.1 Å². The molecule has 0 radical (unpaired) electrons. The molecule has 1 unspecified atom stereocenters. The van der Waals surface area contributed by atoms with E-state index in [0.29, 0.717) is 17.0 Å². The summed E-state index contributed by atoms with van der Waals surface area (Å²) in [5.41, 5.74) is 2.15. The van der Waals surface area contributed by atoms with Gasteiger partial charge in [-0.1, -0.05) is 38.1 Å². The Balaban J connectivity index is 2.17. The van der Waals surface area contributed by atoms with Crippen molar-refractivity contribution >= 4 is 33.0 Å². The van der Waals surface area contributed by atoms with Gasteiger partial charge in [0.1, 0.15) is 12.1 Å². The van der Waals surface area contributed by atoms with Crippen molar-refractivity contribution in [3.63, 3.8) is 0 Å². The van der Waals surface area contributed by atoms with Crippen molar-refractivity contribution in [1.82, 2.24) is 4.98 Å². The molecule has 0 saturated heterocycles. The fraction of sp³-hybridized carbons (Fsp3) is 0.238. The van der Waals surface area contributed by atoms with E-state index >= 15 is 0 Å². The Hall–Kier alpha value is -2.27. The highest BCUT2D eigenvalue weighted by Gasteiger charge is 2.22. The van der Waals surface area contributed by atoms with Gasteiger partial charge in [0.25, 0.3) is 0 Å². The van der Waals surface area contributed by atoms with Crippen LogP contribution in [0.3, 0.4) is 0 Å². The number of pyridine rings is 1. The van der Waals surface area contributed by atoms with Crippen LogP contribution in [0.5, 0.6) is 5.88 Å². The maximum absolute atomic E-state index is 14.1. The van der Waals surface area contributed by atoms with E-state index < -0.39 is 0 Å². The van der Waals surface area contributed by atoms with Crippen molar-refractivity contribution in [2.24, 2.45) is 5.92 Å². The normalized spacial score (nSPS) is 12.4. The topological polar surface area (TPSA) is 39.2 Å². The summed E-state index contributed by atoms with van der Waals surface area (Å²) >= 11 is 3.55. The molecule has 0 amide bonds. The zero-order valence-electron chi connectivity index (χ0n) is 14.8. The molecular formula is C21H19BrFNO2. The Labute approximate surface area is 160 Å². The molecule has 0 bridgehead atoms. The number of ether oxygens (including phenoxy) is 1. The number of halogens is 2. The first-order valence-corrected chi connectivity index (χ1v) is 9.14. The minimum atomic E-state index is -0.308. The average Bonchev–Trinajstić information content (AvgIpc) is 2.62. The molecule has 2 aromatic carbocycles. The van der Waals surface area contributed by atoms with E-state index in [1.807, 2.05) is 38.1 Å². The lowest BCUT2D eigenvalue weighted by molar-refractivity contribution is -0.109. The number of hydrogen-bond donors (Lipinski definition) is 0. The summed E-state index contributed by atoms with van der Waals surface area (Å²) in [6.07, 6.45) is 0.918. The van der Waals surface area contributed by atoms with Crippen LogP contribution in [0.15, 0.2) is 46.9 Å². The predicted octanol–water partition coefficient (Wildman–Crippen LogP) is 5.75. The standard InChI is InChI=1S/C21H19BrFNO2/c1-12(2)17(11-25)16-10-18(22)20(24-21(16)26-3)14-8-7-13-5-4-6-19(23)15(13)9-14/h4-12,17H,1-3H3. The maximum atomic E-state index is 14.1. The SMILES string of the molecule is COc1nc(-c2ccc3cccc(F)c3c2)c(Br)cc1C(C=O)C(C)C. The largest absolute Gasteiger partial charge is 0.481 e. The minimum absolute atomic E-state index is 0.121. The number of carbonyl (C=O) groups is 1. The van der Waals surface area contributed by atoms with E-state index in [1.54, 1.807) is 12.1 Å². The summed E-state index contributed by atoms with van der Waals surface area (Å²) in [7, 11) is 1.53. The predicted molar refractivity (Wildman–Crippen MR) is 105 cm³/mol. The van der Waals surface area contributed by atoms with Gasteiger partial charge >= 0.3 is 0 Å². The van der Waals surface area contributed by atoms with Crippen molar-refractivity contribution in [3.05, 3.63) is 58.3 Å². The van der Waals surface area contributed by atoms with E-state index in [2.05, 4.69) is 20.9 Å². The zero-order valence-corrected chi connectivity index (χ0v) is 16.4. The van der Waals surface area contributed by atoms with Crippen molar-refractivity contribution in [2.75, 3.05) is 7.11 Å². The Kier molecular flexibility index (Phi) is 5.37. The molecule has 1 heterocycles. The third-order valence-electron chi connectivity index (χ3n) is 4.49. The molecule has 5 heteroatoms. The van der Waals surface area contributed by atoms with Crippen molar-refractivity contribution in [1.29, 1.82) is 0 Å². The minimum Gasteiger partial charge on any atom is -0.481 e. The second-order valence-corrected chi connectivity index (χ2v) is 7.35. The van der Waals surface area contributed by atoms with Crippen LogP contribution in [0.25, 0.3) is 22.0 Å². The fourth-order valence-electron chi connectivity index (χ4n) is 3.06. The number of carbonyl (C=O) groups excluding carboxylic acids is 1. The van der Waals surface area contributed by atoms with Gasteiger partial charge in [0, 0.05) is 26.9 Å². The summed E-state index contributed by atoms with van der Waals surface area (Å²) < 4.78 is 20.3. The molecule has 0 aliphatic rings. The highest BCUT2D eigenvalue weighted by atomic mass is 79.9. The monoisotopic (exact) mass is 415 g/mol. The first-order chi connectivity index (χ1) is 12.5. The molecule has 3 rings (SSSR count). The number of benzene rings is 2. The van der Waals surface area contributed by atoms with Crippen LogP contribution in [0.1, 0.15) is 25.3 Å². The average molecular weight is 416 g/mol. The lowest BCUT2D eigenvalue weighted by Crippen LogP contribution is -2.11. The number of hydrogen-bond acceptors (Lipinski definition) is 3. The molecule has 0 spiro atoms. The zero-order chi connectivity index (χ0) is 18.8. The van der Waals surface area contributed by atoms with Crippen LogP contribution < -0.4 is 4.74 Å². The summed E-state index contributed by atoms with van der Waals surface area (Å²) in [4.78, 5) is 16.1. The van der Waals surface area contributed by atoms with Gasteiger partial charge < -0.3 is 9.53 Å². The number of aromatic nitrogens is 1. The van der Waals surface area contributed by atoms with Gasteiger partial charge in [-0.3, -0.25) is 0 Å². The van der Waals surface area contributed by atoms with Crippen molar-refractivity contribution < 1.29 is 13.9 Å². The van der Waals surface area contributed by atoms with E-state index in [1.165, 1.54) is 13.2 Å². The highest BCUT2D eigenvalue weighted by molar-refractivity contribution is 9.10. The van der Waals surface area contributed by atoms with Gasteiger partial charge in [0.2, 0.25) is 5.88 Å². The molecule has 134 valence electrons. The van der Waals surface area contributed by atoms with Gasteiger partial charge in [-0.2, -0.15) is 0 Å². The van der Waals surface area contributed by atoms with Gasteiger partial charge in [-0.05, 0) is 45.4 Å². The molecule has 0 fully saturated rings. The Bertz CT molecular complexity index is 972. The molecule has 26 heavy (non-hydrogen) atoms. The molecule has 3 nitrogen and oxygen atoms in total. The molecule has 3 aromatic rings. The quantitative estimate of drug-likeness (QED) is 0.497. The Morgan fingerprint density at radius 2 is 1.96 bits per heavy atom. The molecule has 0 saturated carbocycles. The Morgan fingerprint density at radius 1 is 1.19 bits per heavy atom. The van der Waals surface area contributed by atoms with Crippen LogP contribution in [0, 0.1) is 11.7 Å². The summed E-state index contributed by atoms with van der Waals surface area (Å²) in [6, 6.07) is 12.4. The summed E-state index contributed by atoms with van der Waals surface area (Å²) in [6.45, 7) is 3.96. The molecule has 1 aromatic heterocycles. The van der Waals surface area contributed by atoms with E-state index in [-0.39, 0.29) is 17.7 Å². The second kappa shape index (κ2) is 7.54. The first-order valence-electron chi connectivity index (χ1n) is 8.34. The molecular weight excluding hydrogens is 397 g/mol. The Morgan fingerprint density at radius 3 is 2.62 bits per heavy atom. The van der Waals surface area contributed by atoms with E-state index in [4.69, 9.17) is 4.74 Å². The number of aldehydes is 1. The lowest BCUT2D eigenvalue weighted by atomic mass is 9.90. The summed E-state index contributed by atoms with van der Waals surface area (Å²) in [5, 5.41) is 1.36. The number of rotatable bonds is 5. The smallest absolute Gasteiger partial charge is 0.217 e. The van der Waals surface area contributed by atoms with E-state index in [0.717, 1.165) is 27.3 Å². The highest BCUT2D eigenvalue weighted by Crippen LogP contribution is 2.37. The number of methoxy groups -OCH3 is 1. The van der Waals surface area contributed by atoms with Crippen LogP contribution in [-0.4, -0.2) is 18.4 Å². The van der Waals surface area contributed by atoms with Crippen LogP contribution in [-0.2, 0) is 4.79 Å². The molecule has 0 N–H and O–H groups in total. The van der Waals surface area contributed by atoms with E-state index in [9.17, 15) is 9.18 Å². The number of fused-ring (bicyclic) bond motifs is 1.